The standard InChI is InChI=1S/C16H15BrN2O2/c1-2-14(13-5-3-4-6-15(13)20)18-19-16(21)11-7-9-12(17)10-8-11/h3-10,20H,2H2,1H3,(H,19,21). The highest BCUT2D eigenvalue weighted by Gasteiger charge is 2.08. The molecule has 0 radical (unpaired) electrons. The first-order valence-corrected chi connectivity index (χ1v) is 7.32. The van der Waals surface area contributed by atoms with Crippen molar-refractivity contribution in [1.82, 2.24) is 5.43 Å². The van der Waals surface area contributed by atoms with Gasteiger partial charge in [-0.2, -0.15) is 5.10 Å². The highest BCUT2D eigenvalue weighted by Crippen LogP contribution is 2.18. The zero-order valence-corrected chi connectivity index (χ0v) is 13.1. The number of nitrogens with one attached hydrogen (secondary N) is 1. The van der Waals surface area contributed by atoms with E-state index in [0.717, 1.165) is 4.47 Å². The second kappa shape index (κ2) is 7.04. The quantitative estimate of drug-likeness (QED) is 0.654. The van der Waals surface area contributed by atoms with E-state index in [0.29, 0.717) is 23.3 Å². The van der Waals surface area contributed by atoms with Gasteiger partial charge in [0.2, 0.25) is 0 Å². The van der Waals surface area contributed by atoms with Crippen LogP contribution in [0.4, 0.5) is 0 Å². The molecule has 0 bridgehead atoms. The van der Waals surface area contributed by atoms with Crippen molar-refractivity contribution in [3.8, 4) is 5.75 Å². The first-order chi connectivity index (χ1) is 10.1. The van der Waals surface area contributed by atoms with E-state index in [4.69, 9.17) is 0 Å². The average Bonchev–Trinajstić information content (AvgIpc) is 2.50. The van der Waals surface area contributed by atoms with Crippen molar-refractivity contribution >= 4 is 27.5 Å². The molecule has 0 unspecified atom stereocenters. The molecule has 2 aromatic rings. The summed E-state index contributed by atoms with van der Waals surface area (Å²) >= 11 is 3.32. The second-order valence-electron chi connectivity index (χ2n) is 4.38. The van der Waals surface area contributed by atoms with E-state index in [9.17, 15) is 9.90 Å². The minimum Gasteiger partial charge on any atom is -0.507 e. The maximum absolute atomic E-state index is 12.0. The minimum atomic E-state index is -0.288. The lowest BCUT2D eigenvalue weighted by Crippen LogP contribution is -2.19. The highest BCUT2D eigenvalue weighted by molar-refractivity contribution is 9.10. The van der Waals surface area contributed by atoms with Crippen molar-refractivity contribution in [3.05, 3.63) is 64.1 Å². The molecule has 0 saturated carbocycles. The van der Waals surface area contributed by atoms with E-state index in [1.165, 1.54) is 0 Å². The average molecular weight is 347 g/mol. The first kappa shape index (κ1) is 15.3. The summed E-state index contributed by atoms with van der Waals surface area (Å²) in [6, 6.07) is 13.9. The van der Waals surface area contributed by atoms with Crippen molar-refractivity contribution < 1.29 is 9.90 Å². The molecule has 0 saturated heterocycles. The van der Waals surface area contributed by atoms with Gasteiger partial charge in [0.05, 0.1) is 5.71 Å². The number of nitrogens with zero attached hydrogens (tertiary/aromatic N) is 1. The number of hydrazone groups is 1. The van der Waals surface area contributed by atoms with Crippen LogP contribution in [0.5, 0.6) is 5.75 Å². The molecule has 0 atom stereocenters. The molecular weight excluding hydrogens is 332 g/mol. The van der Waals surface area contributed by atoms with E-state index >= 15 is 0 Å². The number of carbonyl (C=O) groups excluding carboxylic acids is 1. The summed E-state index contributed by atoms with van der Waals surface area (Å²) in [6.45, 7) is 1.91. The van der Waals surface area contributed by atoms with Gasteiger partial charge in [0.15, 0.2) is 0 Å². The summed E-state index contributed by atoms with van der Waals surface area (Å²) in [7, 11) is 0. The summed E-state index contributed by atoms with van der Waals surface area (Å²) in [5, 5.41) is 13.9. The fourth-order valence-corrected chi connectivity index (χ4v) is 2.10. The molecule has 1 amide bonds. The lowest BCUT2D eigenvalue weighted by atomic mass is 10.1. The second-order valence-corrected chi connectivity index (χ2v) is 5.29. The highest BCUT2D eigenvalue weighted by atomic mass is 79.9. The number of phenolic OH excluding ortho intramolecular Hbond substituents is 1. The van der Waals surface area contributed by atoms with Crippen molar-refractivity contribution in [2.45, 2.75) is 13.3 Å². The van der Waals surface area contributed by atoms with E-state index in [1.807, 2.05) is 13.0 Å². The van der Waals surface area contributed by atoms with E-state index in [-0.39, 0.29) is 11.7 Å². The number of benzene rings is 2. The number of halogens is 1. The van der Waals surface area contributed by atoms with Crippen molar-refractivity contribution in [3.63, 3.8) is 0 Å². The molecule has 0 fully saturated rings. The number of aromatic hydroxyl groups is 1. The summed E-state index contributed by atoms with van der Waals surface area (Å²) < 4.78 is 0.908. The molecule has 0 aliphatic heterocycles. The number of hydrogen-bond acceptors (Lipinski definition) is 3. The van der Waals surface area contributed by atoms with Crippen molar-refractivity contribution in [1.29, 1.82) is 0 Å². The van der Waals surface area contributed by atoms with E-state index in [2.05, 4.69) is 26.5 Å². The largest absolute Gasteiger partial charge is 0.507 e. The molecule has 21 heavy (non-hydrogen) atoms. The molecule has 5 heteroatoms. The Balaban J connectivity index is 2.16. The van der Waals surface area contributed by atoms with Gasteiger partial charge in [-0.1, -0.05) is 35.0 Å². The fraction of sp³-hybridized carbons (Fsp3) is 0.125. The lowest BCUT2D eigenvalue weighted by molar-refractivity contribution is 0.0954. The van der Waals surface area contributed by atoms with E-state index in [1.54, 1.807) is 42.5 Å². The van der Waals surface area contributed by atoms with Gasteiger partial charge in [0.1, 0.15) is 5.75 Å². The number of rotatable bonds is 4. The maximum atomic E-state index is 12.0. The van der Waals surface area contributed by atoms with Gasteiger partial charge in [0.25, 0.3) is 5.91 Å². The third-order valence-electron chi connectivity index (χ3n) is 2.95. The Bertz CT molecular complexity index is 666. The van der Waals surface area contributed by atoms with Crippen LogP contribution in [0.3, 0.4) is 0 Å². The molecule has 2 rings (SSSR count). The van der Waals surface area contributed by atoms with Crippen LogP contribution < -0.4 is 5.43 Å². The predicted octanol–water partition coefficient (Wildman–Crippen LogP) is 3.70. The summed E-state index contributed by atoms with van der Waals surface area (Å²) in [6.07, 6.45) is 0.595. The molecule has 0 aliphatic carbocycles. The van der Waals surface area contributed by atoms with Gasteiger partial charge in [-0.15, -0.1) is 0 Å². The van der Waals surface area contributed by atoms with Crippen molar-refractivity contribution in [2.75, 3.05) is 0 Å². The van der Waals surface area contributed by atoms with Crippen LogP contribution in [0, 0.1) is 0 Å². The molecular formula is C16H15BrN2O2. The van der Waals surface area contributed by atoms with Crippen LogP contribution in [0.15, 0.2) is 58.1 Å². The molecule has 0 spiro atoms. The van der Waals surface area contributed by atoms with Gasteiger partial charge in [-0.05, 0) is 42.8 Å². The molecule has 0 heterocycles. The fourth-order valence-electron chi connectivity index (χ4n) is 1.83. The molecule has 2 aromatic carbocycles. The summed E-state index contributed by atoms with van der Waals surface area (Å²) in [4.78, 5) is 12.0. The van der Waals surface area contributed by atoms with Gasteiger partial charge < -0.3 is 5.11 Å². The number of hydrogen-bond donors (Lipinski definition) is 2. The molecule has 0 aromatic heterocycles. The van der Waals surface area contributed by atoms with Crippen LogP contribution in [0.25, 0.3) is 0 Å². The number of phenols is 1. The minimum absolute atomic E-state index is 0.149. The Morgan fingerprint density at radius 2 is 1.86 bits per heavy atom. The van der Waals surface area contributed by atoms with Crippen LogP contribution in [-0.2, 0) is 0 Å². The van der Waals surface area contributed by atoms with E-state index < -0.39 is 0 Å². The van der Waals surface area contributed by atoms with Crippen LogP contribution in [0.1, 0.15) is 29.3 Å². The Labute approximate surface area is 131 Å². The number of amides is 1. The van der Waals surface area contributed by atoms with Crippen LogP contribution >= 0.6 is 15.9 Å². The first-order valence-electron chi connectivity index (χ1n) is 6.52. The summed E-state index contributed by atoms with van der Waals surface area (Å²) in [5.74, 6) is -0.139. The molecule has 2 N–H and O–H groups in total. The zero-order chi connectivity index (χ0) is 15.2. The van der Waals surface area contributed by atoms with Crippen LogP contribution in [-0.4, -0.2) is 16.7 Å². The van der Waals surface area contributed by atoms with Crippen molar-refractivity contribution in [2.24, 2.45) is 5.10 Å². The maximum Gasteiger partial charge on any atom is 0.271 e. The van der Waals surface area contributed by atoms with Gasteiger partial charge >= 0.3 is 0 Å². The number of carbonyl (C=O) groups is 1. The topological polar surface area (TPSA) is 61.7 Å². The smallest absolute Gasteiger partial charge is 0.271 e. The number of para-hydroxylation sites is 1. The predicted molar refractivity (Wildman–Crippen MR) is 86.5 cm³/mol. The van der Waals surface area contributed by atoms with Gasteiger partial charge in [-0.3, -0.25) is 4.79 Å². The third-order valence-corrected chi connectivity index (χ3v) is 3.48. The van der Waals surface area contributed by atoms with Gasteiger partial charge in [0, 0.05) is 15.6 Å². The Morgan fingerprint density at radius 1 is 1.19 bits per heavy atom. The Morgan fingerprint density at radius 3 is 2.48 bits per heavy atom. The molecule has 0 aliphatic rings. The third kappa shape index (κ3) is 3.92. The van der Waals surface area contributed by atoms with Crippen LogP contribution in [0.2, 0.25) is 0 Å². The SMILES string of the molecule is CCC(=NNC(=O)c1ccc(Br)cc1)c1ccccc1O. The Hall–Kier alpha value is -2.14. The molecule has 4 nitrogen and oxygen atoms in total. The van der Waals surface area contributed by atoms with Gasteiger partial charge in [-0.25, -0.2) is 5.43 Å². The lowest BCUT2D eigenvalue weighted by Gasteiger charge is -2.07. The molecule has 108 valence electrons. The monoisotopic (exact) mass is 346 g/mol. The zero-order valence-electron chi connectivity index (χ0n) is 11.5. The normalized spacial score (nSPS) is 11.2. The Kier molecular flexibility index (Phi) is 5.11. The summed E-state index contributed by atoms with van der Waals surface area (Å²) in [5.41, 5.74) is 4.29.